The van der Waals surface area contributed by atoms with Gasteiger partial charge in [0.15, 0.2) is 11.6 Å². The number of anilines is 1. The lowest BCUT2D eigenvalue weighted by Crippen LogP contribution is -2.10. The Morgan fingerprint density at radius 1 is 1.46 bits per heavy atom. The van der Waals surface area contributed by atoms with Crippen molar-refractivity contribution in [2.45, 2.75) is 0 Å². The van der Waals surface area contributed by atoms with Crippen molar-refractivity contribution >= 4 is 5.95 Å². The van der Waals surface area contributed by atoms with Crippen molar-refractivity contribution in [3.05, 3.63) is 18.4 Å². The Bertz CT molecular complexity index is 377. The number of hydrogen-bond donors (Lipinski definition) is 1. The average molecular weight is 178 g/mol. The van der Waals surface area contributed by atoms with E-state index in [1.807, 2.05) is 31.1 Å². The molecule has 2 aromatic heterocycles. The first kappa shape index (κ1) is 7.85. The van der Waals surface area contributed by atoms with E-state index in [2.05, 4.69) is 15.2 Å². The van der Waals surface area contributed by atoms with Crippen LogP contribution in [0.1, 0.15) is 0 Å². The number of aromatic amines is 1. The summed E-state index contributed by atoms with van der Waals surface area (Å²) >= 11 is 0. The van der Waals surface area contributed by atoms with Crippen LogP contribution in [0.4, 0.5) is 5.95 Å². The summed E-state index contributed by atoms with van der Waals surface area (Å²) in [5, 5.41) is 6.79. The number of H-pyrrole nitrogens is 1. The molecule has 0 amide bonds. The van der Waals surface area contributed by atoms with Crippen LogP contribution in [0.3, 0.4) is 0 Å². The molecule has 0 radical (unpaired) electrons. The molecule has 0 fully saturated rings. The van der Waals surface area contributed by atoms with Crippen LogP contribution in [0.15, 0.2) is 22.8 Å². The van der Waals surface area contributed by atoms with Gasteiger partial charge in [-0.2, -0.15) is 4.98 Å². The highest BCUT2D eigenvalue weighted by Crippen LogP contribution is 2.16. The fourth-order valence-electron chi connectivity index (χ4n) is 0.976. The molecule has 2 rings (SSSR count). The molecule has 1 N–H and O–H groups in total. The van der Waals surface area contributed by atoms with E-state index < -0.39 is 0 Å². The van der Waals surface area contributed by atoms with Gasteiger partial charge < -0.3 is 9.32 Å². The van der Waals surface area contributed by atoms with Gasteiger partial charge >= 0.3 is 0 Å². The van der Waals surface area contributed by atoms with Gasteiger partial charge in [-0.15, -0.1) is 5.10 Å². The third kappa shape index (κ3) is 1.40. The van der Waals surface area contributed by atoms with Gasteiger partial charge in [-0.05, 0) is 12.1 Å². The summed E-state index contributed by atoms with van der Waals surface area (Å²) in [6.07, 6.45) is 1.60. The zero-order chi connectivity index (χ0) is 9.26. The van der Waals surface area contributed by atoms with E-state index in [1.165, 1.54) is 0 Å². The van der Waals surface area contributed by atoms with Gasteiger partial charge in [-0.25, -0.2) is 0 Å². The molecule has 5 nitrogen and oxygen atoms in total. The summed E-state index contributed by atoms with van der Waals surface area (Å²) in [5.74, 6) is 1.99. The molecular formula is C8H10N4O. The monoisotopic (exact) mass is 178 g/mol. The van der Waals surface area contributed by atoms with Crippen LogP contribution in [-0.4, -0.2) is 29.3 Å². The van der Waals surface area contributed by atoms with E-state index >= 15 is 0 Å². The maximum atomic E-state index is 5.16. The van der Waals surface area contributed by atoms with Crippen molar-refractivity contribution in [3.63, 3.8) is 0 Å². The summed E-state index contributed by atoms with van der Waals surface area (Å²) < 4.78 is 5.16. The van der Waals surface area contributed by atoms with Crippen LogP contribution >= 0.6 is 0 Å². The molecule has 2 heterocycles. The Labute approximate surface area is 75.4 Å². The fraction of sp³-hybridized carbons (Fsp3) is 0.250. The molecule has 2 aromatic rings. The summed E-state index contributed by atoms with van der Waals surface area (Å²) in [4.78, 5) is 6.04. The number of rotatable bonds is 2. The molecule has 0 aliphatic rings. The van der Waals surface area contributed by atoms with E-state index in [4.69, 9.17) is 4.42 Å². The lowest BCUT2D eigenvalue weighted by molar-refractivity contribution is 0.577. The molecule has 0 saturated carbocycles. The Balaban J connectivity index is 2.33. The van der Waals surface area contributed by atoms with E-state index in [0.717, 1.165) is 0 Å². The maximum Gasteiger partial charge on any atom is 0.244 e. The highest BCUT2D eigenvalue weighted by atomic mass is 16.3. The van der Waals surface area contributed by atoms with Crippen molar-refractivity contribution in [2.75, 3.05) is 19.0 Å². The highest BCUT2D eigenvalue weighted by Gasteiger charge is 2.07. The Hall–Kier alpha value is -1.78. The molecule has 0 aliphatic heterocycles. The van der Waals surface area contributed by atoms with E-state index in [1.54, 1.807) is 6.26 Å². The van der Waals surface area contributed by atoms with Gasteiger partial charge in [0.2, 0.25) is 5.95 Å². The normalized spacial score (nSPS) is 10.3. The van der Waals surface area contributed by atoms with Crippen LogP contribution in [0.2, 0.25) is 0 Å². The van der Waals surface area contributed by atoms with Gasteiger partial charge in [0.05, 0.1) is 6.26 Å². The van der Waals surface area contributed by atoms with Crippen LogP contribution in [0, 0.1) is 0 Å². The highest BCUT2D eigenvalue weighted by molar-refractivity contribution is 5.48. The smallest absolute Gasteiger partial charge is 0.244 e. The molecule has 0 atom stereocenters. The van der Waals surface area contributed by atoms with E-state index in [0.29, 0.717) is 17.5 Å². The first-order chi connectivity index (χ1) is 6.27. The molecule has 0 unspecified atom stereocenters. The topological polar surface area (TPSA) is 58.0 Å². The first-order valence-electron chi connectivity index (χ1n) is 3.91. The largest absolute Gasteiger partial charge is 0.461 e. The van der Waals surface area contributed by atoms with Gasteiger partial charge in [0.25, 0.3) is 0 Å². The van der Waals surface area contributed by atoms with Gasteiger partial charge in [-0.3, -0.25) is 5.10 Å². The zero-order valence-electron chi connectivity index (χ0n) is 7.48. The Kier molecular flexibility index (Phi) is 1.77. The Morgan fingerprint density at radius 3 is 2.85 bits per heavy atom. The maximum absolute atomic E-state index is 5.16. The second kappa shape index (κ2) is 2.93. The molecular weight excluding hydrogens is 168 g/mol. The molecule has 0 saturated heterocycles. The van der Waals surface area contributed by atoms with Gasteiger partial charge in [0, 0.05) is 14.1 Å². The minimum absolute atomic E-state index is 0.645. The molecule has 0 bridgehead atoms. The van der Waals surface area contributed by atoms with Crippen LogP contribution in [-0.2, 0) is 0 Å². The molecule has 13 heavy (non-hydrogen) atoms. The second-order valence-electron chi connectivity index (χ2n) is 2.86. The van der Waals surface area contributed by atoms with Gasteiger partial charge in [0.1, 0.15) is 0 Å². The van der Waals surface area contributed by atoms with Crippen molar-refractivity contribution in [1.29, 1.82) is 0 Å². The average Bonchev–Trinajstić information content (AvgIpc) is 2.75. The van der Waals surface area contributed by atoms with E-state index in [9.17, 15) is 0 Å². The third-order valence-electron chi connectivity index (χ3n) is 1.63. The van der Waals surface area contributed by atoms with Crippen molar-refractivity contribution in [2.24, 2.45) is 0 Å². The SMILES string of the molecule is CN(C)c1n[nH]c(-c2ccco2)n1. The molecule has 5 heteroatoms. The molecule has 0 aliphatic carbocycles. The quantitative estimate of drug-likeness (QED) is 0.748. The molecule has 68 valence electrons. The lowest BCUT2D eigenvalue weighted by Gasteiger charge is -2.03. The summed E-state index contributed by atoms with van der Waals surface area (Å²) in [7, 11) is 3.77. The summed E-state index contributed by atoms with van der Waals surface area (Å²) in [6.45, 7) is 0. The Morgan fingerprint density at radius 2 is 2.31 bits per heavy atom. The van der Waals surface area contributed by atoms with Gasteiger partial charge in [-0.1, -0.05) is 0 Å². The third-order valence-corrected chi connectivity index (χ3v) is 1.63. The lowest BCUT2D eigenvalue weighted by atomic mass is 10.4. The van der Waals surface area contributed by atoms with Crippen molar-refractivity contribution < 1.29 is 4.42 Å². The van der Waals surface area contributed by atoms with Crippen LogP contribution < -0.4 is 4.90 Å². The predicted molar refractivity (Wildman–Crippen MR) is 48.4 cm³/mol. The van der Waals surface area contributed by atoms with Crippen molar-refractivity contribution in [1.82, 2.24) is 15.2 Å². The number of furan rings is 1. The molecule has 0 aromatic carbocycles. The predicted octanol–water partition coefficient (Wildman–Crippen LogP) is 1.13. The van der Waals surface area contributed by atoms with Crippen LogP contribution in [0.25, 0.3) is 11.6 Å². The zero-order valence-corrected chi connectivity index (χ0v) is 7.48. The first-order valence-corrected chi connectivity index (χ1v) is 3.91. The number of aromatic nitrogens is 3. The number of hydrogen-bond acceptors (Lipinski definition) is 4. The summed E-state index contributed by atoms with van der Waals surface area (Å²) in [6, 6.07) is 3.65. The second-order valence-corrected chi connectivity index (χ2v) is 2.86. The van der Waals surface area contributed by atoms with Crippen molar-refractivity contribution in [3.8, 4) is 11.6 Å². The standard InChI is InChI=1S/C8H10N4O/c1-12(2)8-9-7(10-11-8)6-4-3-5-13-6/h3-5H,1-2H3,(H,9,10,11). The van der Waals surface area contributed by atoms with E-state index in [-0.39, 0.29) is 0 Å². The number of nitrogens with one attached hydrogen (secondary N) is 1. The minimum atomic E-state index is 0.645. The molecule has 0 spiro atoms. The number of nitrogens with zero attached hydrogens (tertiary/aromatic N) is 3. The minimum Gasteiger partial charge on any atom is -0.461 e. The van der Waals surface area contributed by atoms with Crippen LogP contribution in [0.5, 0.6) is 0 Å². The fourth-order valence-corrected chi connectivity index (χ4v) is 0.976. The summed E-state index contributed by atoms with van der Waals surface area (Å²) in [5.41, 5.74) is 0.